The van der Waals surface area contributed by atoms with Crippen molar-refractivity contribution < 1.29 is 4.74 Å². The molecule has 1 N–H and O–H groups in total. The number of benzene rings is 2. The summed E-state index contributed by atoms with van der Waals surface area (Å²) >= 11 is 6.07. The quantitative estimate of drug-likeness (QED) is 0.913. The minimum atomic E-state index is 0.426. The Morgan fingerprint density at radius 1 is 1.25 bits per heavy atom. The average molecular weight is 288 g/mol. The van der Waals surface area contributed by atoms with Crippen molar-refractivity contribution in [2.75, 3.05) is 7.11 Å². The zero-order valence-corrected chi connectivity index (χ0v) is 12.3. The molecule has 3 rings (SSSR count). The standard InChI is InChI=1S/C17H18ClNO/c1-20-17-9-7-14(18)10-13(17)11-19-16-8-6-12-4-2-3-5-15(12)16/h2-5,7,9-10,16,19H,6,8,11H2,1H3. The van der Waals surface area contributed by atoms with Crippen molar-refractivity contribution in [1.82, 2.24) is 5.32 Å². The molecular weight excluding hydrogens is 270 g/mol. The van der Waals surface area contributed by atoms with Gasteiger partial charge in [0, 0.05) is 23.2 Å². The summed E-state index contributed by atoms with van der Waals surface area (Å²) < 4.78 is 5.39. The third-order valence-electron chi connectivity index (χ3n) is 3.91. The Bertz CT molecular complexity index is 612. The predicted octanol–water partition coefficient (Wildman–Crippen LogP) is 4.13. The Morgan fingerprint density at radius 2 is 2.10 bits per heavy atom. The first-order chi connectivity index (χ1) is 9.78. The number of halogens is 1. The third-order valence-corrected chi connectivity index (χ3v) is 4.15. The van der Waals surface area contributed by atoms with Crippen LogP contribution < -0.4 is 10.1 Å². The molecule has 2 aromatic carbocycles. The van der Waals surface area contributed by atoms with Crippen LogP contribution in [0.5, 0.6) is 5.75 Å². The van der Waals surface area contributed by atoms with Crippen molar-refractivity contribution in [3.8, 4) is 5.75 Å². The summed E-state index contributed by atoms with van der Waals surface area (Å²) in [6, 6.07) is 14.8. The fourth-order valence-corrected chi connectivity index (χ4v) is 3.08. The van der Waals surface area contributed by atoms with Gasteiger partial charge in [0.2, 0.25) is 0 Å². The largest absolute Gasteiger partial charge is 0.496 e. The normalized spacial score (nSPS) is 17.0. The average Bonchev–Trinajstić information content (AvgIpc) is 2.88. The molecule has 1 atom stereocenters. The highest BCUT2D eigenvalue weighted by Crippen LogP contribution is 2.31. The molecule has 1 unspecified atom stereocenters. The maximum Gasteiger partial charge on any atom is 0.123 e. The fourth-order valence-electron chi connectivity index (χ4n) is 2.89. The Morgan fingerprint density at radius 3 is 2.95 bits per heavy atom. The molecule has 0 fully saturated rings. The van der Waals surface area contributed by atoms with E-state index in [0.717, 1.165) is 35.7 Å². The van der Waals surface area contributed by atoms with Crippen molar-refractivity contribution in [1.29, 1.82) is 0 Å². The topological polar surface area (TPSA) is 21.3 Å². The number of hydrogen-bond donors (Lipinski definition) is 1. The Kier molecular flexibility index (Phi) is 3.95. The lowest BCUT2D eigenvalue weighted by molar-refractivity contribution is 0.405. The van der Waals surface area contributed by atoms with Gasteiger partial charge in [0.1, 0.15) is 5.75 Å². The van der Waals surface area contributed by atoms with Crippen LogP contribution in [0.15, 0.2) is 42.5 Å². The van der Waals surface area contributed by atoms with E-state index in [-0.39, 0.29) is 0 Å². The molecule has 104 valence electrons. The van der Waals surface area contributed by atoms with E-state index >= 15 is 0 Å². The van der Waals surface area contributed by atoms with Crippen molar-refractivity contribution >= 4 is 11.6 Å². The first kappa shape index (κ1) is 13.5. The first-order valence-electron chi connectivity index (χ1n) is 6.91. The number of fused-ring (bicyclic) bond motifs is 1. The van der Waals surface area contributed by atoms with Gasteiger partial charge < -0.3 is 10.1 Å². The first-order valence-corrected chi connectivity index (χ1v) is 7.29. The number of aryl methyl sites for hydroxylation is 1. The minimum absolute atomic E-state index is 0.426. The molecule has 2 nitrogen and oxygen atoms in total. The van der Waals surface area contributed by atoms with Gasteiger partial charge >= 0.3 is 0 Å². The summed E-state index contributed by atoms with van der Waals surface area (Å²) in [5.74, 6) is 0.883. The van der Waals surface area contributed by atoms with Crippen LogP contribution in [0.2, 0.25) is 5.02 Å². The number of hydrogen-bond acceptors (Lipinski definition) is 2. The van der Waals surface area contributed by atoms with Crippen LogP contribution in [-0.2, 0) is 13.0 Å². The number of rotatable bonds is 4. The highest BCUT2D eigenvalue weighted by atomic mass is 35.5. The molecule has 0 spiro atoms. The van der Waals surface area contributed by atoms with Crippen molar-refractivity contribution in [3.63, 3.8) is 0 Å². The molecule has 0 saturated carbocycles. The van der Waals surface area contributed by atoms with E-state index in [4.69, 9.17) is 16.3 Å². The van der Waals surface area contributed by atoms with Crippen LogP contribution in [0.25, 0.3) is 0 Å². The summed E-state index contributed by atoms with van der Waals surface area (Å²) in [4.78, 5) is 0. The van der Waals surface area contributed by atoms with Gasteiger partial charge in [0.15, 0.2) is 0 Å². The van der Waals surface area contributed by atoms with Crippen molar-refractivity contribution in [3.05, 3.63) is 64.2 Å². The van der Waals surface area contributed by atoms with E-state index in [9.17, 15) is 0 Å². The fraction of sp³-hybridized carbons (Fsp3) is 0.294. The van der Waals surface area contributed by atoms with E-state index in [1.165, 1.54) is 11.1 Å². The summed E-state index contributed by atoms with van der Waals surface area (Å²) in [7, 11) is 1.69. The zero-order chi connectivity index (χ0) is 13.9. The number of nitrogens with one attached hydrogen (secondary N) is 1. The lowest BCUT2D eigenvalue weighted by Gasteiger charge is -2.16. The SMILES string of the molecule is COc1ccc(Cl)cc1CNC1CCc2ccccc21. The van der Waals surface area contributed by atoms with Crippen molar-refractivity contribution in [2.45, 2.75) is 25.4 Å². The van der Waals surface area contributed by atoms with Gasteiger partial charge in [0.25, 0.3) is 0 Å². The lowest BCUT2D eigenvalue weighted by atomic mass is 10.1. The Labute approximate surface area is 124 Å². The predicted molar refractivity (Wildman–Crippen MR) is 82.3 cm³/mol. The molecule has 0 amide bonds. The van der Waals surface area contributed by atoms with Crippen LogP contribution in [0.1, 0.15) is 29.2 Å². The Hall–Kier alpha value is -1.51. The molecule has 20 heavy (non-hydrogen) atoms. The van der Waals surface area contributed by atoms with Gasteiger partial charge in [-0.1, -0.05) is 35.9 Å². The number of methoxy groups -OCH3 is 1. The highest BCUT2D eigenvalue weighted by Gasteiger charge is 2.21. The van der Waals surface area contributed by atoms with Gasteiger partial charge in [-0.25, -0.2) is 0 Å². The molecule has 1 aliphatic carbocycles. The van der Waals surface area contributed by atoms with Gasteiger partial charge in [-0.15, -0.1) is 0 Å². The molecule has 0 aromatic heterocycles. The summed E-state index contributed by atoms with van der Waals surface area (Å²) in [5, 5.41) is 4.36. The van der Waals surface area contributed by atoms with E-state index < -0.39 is 0 Å². The second-order valence-corrected chi connectivity index (χ2v) is 5.56. The third kappa shape index (κ3) is 2.67. The maximum absolute atomic E-state index is 6.07. The van der Waals surface area contributed by atoms with E-state index in [1.54, 1.807) is 7.11 Å². The number of ether oxygens (including phenoxy) is 1. The van der Waals surface area contributed by atoms with E-state index in [0.29, 0.717) is 6.04 Å². The molecule has 1 aliphatic rings. The van der Waals surface area contributed by atoms with Gasteiger partial charge in [0.05, 0.1) is 7.11 Å². The van der Waals surface area contributed by atoms with E-state index in [2.05, 4.69) is 29.6 Å². The van der Waals surface area contributed by atoms with Crippen molar-refractivity contribution in [2.24, 2.45) is 0 Å². The smallest absolute Gasteiger partial charge is 0.123 e. The highest BCUT2D eigenvalue weighted by molar-refractivity contribution is 6.30. The zero-order valence-electron chi connectivity index (χ0n) is 11.5. The molecule has 3 heteroatoms. The van der Waals surface area contributed by atoms with Crippen LogP contribution in [0, 0.1) is 0 Å². The summed E-state index contributed by atoms with van der Waals surface area (Å²) in [6.07, 6.45) is 2.31. The molecule has 0 radical (unpaired) electrons. The van der Waals surface area contributed by atoms with Crippen LogP contribution in [0.3, 0.4) is 0 Å². The van der Waals surface area contributed by atoms with Crippen LogP contribution in [0.4, 0.5) is 0 Å². The monoisotopic (exact) mass is 287 g/mol. The molecule has 0 saturated heterocycles. The maximum atomic E-state index is 6.07. The van der Waals surface area contributed by atoms with Gasteiger partial charge in [-0.3, -0.25) is 0 Å². The lowest BCUT2D eigenvalue weighted by Crippen LogP contribution is -2.19. The molecular formula is C17H18ClNO. The second-order valence-electron chi connectivity index (χ2n) is 5.13. The molecule has 0 bridgehead atoms. The van der Waals surface area contributed by atoms with E-state index in [1.807, 2.05) is 18.2 Å². The molecule has 0 aliphatic heterocycles. The van der Waals surface area contributed by atoms with Gasteiger partial charge in [-0.05, 0) is 42.2 Å². The Balaban J connectivity index is 1.73. The summed E-state index contributed by atoms with van der Waals surface area (Å²) in [6.45, 7) is 0.767. The van der Waals surface area contributed by atoms with Crippen LogP contribution in [-0.4, -0.2) is 7.11 Å². The molecule has 0 heterocycles. The minimum Gasteiger partial charge on any atom is -0.496 e. The summed E-state index contributed by atoms with van der Waals surface area (Å²) in [5.41, 5.74) is 3.99. The van der Waals surface area contributed by atoms with Gasteiger partial charge in [-0.2, -0.15) is 0 Å². The second kappa shape index (κ2) is 5.86. The van der Waals surface area contributed by atoms with Crippen LogP contribution >= 0.6 is 11.6 Å². The molecule has 2 aromatic rings.